The first kappa shape index (κ1) is 8.14. The molecule has 2 nitrogen and oxygen atoms in total. The highest BCUT2D eigenvalue weighted by molar-refractivity contribution is 7.80. The molecule has 0 atom stereocenters. The lowest BCUT2D eigenvalue weighted by atomic mass is 10.1. The largest absolute Gasteiger partial charge is 0.478 e. The van der Waals surface area contributed by atoms with Crippen LogP contribution in [0.3, 0.4) is 0 Å². The molecule has 1 aromatic carbocycles. The number of aromatic carboxylic acids is 1. The number of benzene rings is 1. The van der Waals surface area contributed by atoms with E-state index in [1.54, 1.807) is 25.1 Å². The Balaban J connectivity index is 3.27. The number of thiol groups is 1. The monoisotopic (exact) mass is 168 g/mol. The van der Waals surface area contributed by atoms with Crippen molar-refractivity contribution in [1.82, 2.24) is 0 Å². The average Bonchev–Trinajstić information content (AvgIpc) is 1.94. The van der Waals surface area contributed by atoms with Gasteiger partial charge in [-0.25, -0.2) is 4.79 Å². The third-order valence-corrected chi connectivity index (χ3v) is 2.02. The first-order valence-electron chi connectivity index (χ1n) is 3.15. The highest BCUT2D eigenvalue weighted by Gasteiger charge is 2.06. The fourth-order valence-electron chi connectivity index (χ4n) is 0.855. The van der Waals surface area contributed by atoms with Gasteiger partial charge in [0.1, 0.15) is 0 Å². The van der Waals surface area contributed by atoms with Crippen molar-refractivity contribution in [2.75, 3.05) is 0 Å². The average molecular weight is 168 g/mol. The van der Waals surface area contributed by atoms with Gasteiger partial charge in [0.05, 0.1) is 5.56 Å². The van der Waals surface area contributed by atoms with Gasteiger partial charge >= 0.3 is 5.97 Å². The van der Waals surface area contributed by atoms with Crippen LogP contribution in [0.15, 0.2) is 23.1 Å². The third kappa shape index (κ3) is 1.54. The van der Waals surface area contributed by atoms with E-state index < -0.39 is 5.97 Å². The van der Waals surface area contributed by atoms with Crippen molar-refractivity contribution in [3.63, 3.8) is 0 Å². The molecule has 0 unspecified atom stereocenters. The van der Waals surface area contributed by atoms with Gasteiger partial charge < -0.3 is 5.11 Å². The molecule has 0 saturated heterocycles. The molecule has 1 rings (SSSR count). The predicted molar refractivity (Wildman–Crippen MR) is 45.4 cm³/mol. The lowest BCUT2D eigenvalue weighted by molar-refractivity contribution is 0.0696. The quantitative estimate of drug-likeness (QED) is 0.629. The van der Waals surface area contributed by atoms with Crippen molar-refractivity contribution in [3.8, 4) is 0 Å². The molecule has 11 heavy (non-hydrogen) atoms. The summed E-state index contributed by atoms with van der Waals surface area (Å²) in [5, 5.41) is 8.66. The first-order valence-corrected chi connectivity index (χ1v) is 3.59. The standard InChI is InChI=1S/C8H8O2S/c1-5-6(8(9)10)3-2-4-7(5)11/h2-4,11H,1H3,(H,9,10). The fraction of sp³-hybridized carbons (Fsp3) is 0.125. The van der Waals surface area contributed by atoms with E-state index in [1.165, 1.54) is 0 Å². The summed E-state index contributed by atoms with van der Waals surface area (Å²) in [4.78, 5) is 11.3. The minimum atomic E-state index is -0.904. The number of rotatable bonds is 1. The molecule has 0 aliphatic rings. The Kier molecular flexibility index (Phi) is 2.19. The summed E-state index contributed by atoms with van der Waals surface area (Å²) in [6.45, 7) is 1.74. The van der Waals surface area contributed by atoms with E-state index in [0.29, 0.717) is 16.0 Å². The molecule has 0 bridgehead atoms. The lowest BCUT2D eigenvalue weighted by Crippen LogP contribution is -1.99. The minimum absolute atomic E-state index is 0.317. The number of carboxylic acid groups (broad SMARTS) is 1. The topological polar surface area (TPSA) is 37.3 Å². The molecule has 0 radical (unpaired) electrons. The zero-order valence-corrected chi connectivity index (χ0v) is 6.93. The summed E-state index contributed by atoms with van der Waals surface area (Å²) in [6, 6.07) is 5.01. The van der Waals surface area contributed by atoms with E-state index in [1.807, 2.05) is 0 Å². The number of carbonyl (C=O) groups is 1. The van der Waals surface area contributed by atoms with Gasteiger partial charge in [0.15, 0.2) is 0 Å². The molecule has 0 fully saturated rings. The van der Waals surface area contributed by atoms with Crippen LogP contribution in [-0.2, 0) is 0 Å². The smallest absolute Gasteiger partial charge is 0.335 e. The van der Waals surface area contributed by atoms with Crippen molar-refractivity contribution in [3.05, 3.63) is 29.3 Å². The van der Waals surface area contributed by atoms with Gasteiger partial charge in [0.2, 0.25) is 0 Å². The molecule has 1 aromatic rings. The second-order valence-electron chi connectivity index (χ2n) is 2.25. The van der Waals surface area contributed by atoms with Crippen molar-refractivity contribution < 1.29 is 9.90 Å². The molecule has 0 aliphatic heterocycles. The molecular weight excluding hydrogens is 160 g/mol. The van der Waals surface area contributed by atoms with Gasteiger partial charge in [-0.15, -0.1) is 12.6 Å². The molecule has 3 heteroatoms. The molecule has 0 spiro atoms. The normalized spacial score (nSPS) is 9.64. The van der Waals surface area contributed by atoms with Gasteiger partial charge in [-0.05, 0) is 24.6 Å². The Bertz CT molecular complexity index is 294. The maximum Gasteiger partial charge on any atom is 0.335 e. The Labute approximate surface area is 70.3 Å². The van der Waals surface area contributed by atoms with Gasteiger partial charge in [-0.3, -0.25) is 0 Å². The molecule has 0 saturated carbocycles. The zero-order chi connectivity index (χ0) is 8.43. The Hall–Kier alpha value is -0.960. The molecule has 0 aromatic heterocycles. The molecule has 58 valence electrons. The van der Waals surface area contributed by atoms with Crippen molar-refractivity contribution in [2.24, 2.45) is 0 Å². The lowest BCUT2D eigenvalue weighted by Gasteiger charge is -2.01. The van der Waals surface area contributed by atoms with Gasteiger partial charge in [-0.2, -0.15) is 0 Å². The van der Waals surface area contributed by atoms with E-state index >= 15 is 0 Å². The van der Waals surface area contributed by atoms with Gasteiger partial charge in [0, 0.05) is 4.90 Å². The Morgan fingerprint density at radius 2 is 2.18 bits per heavy atom. The summed E-state index contributed by atoms with van der Waals surface area (Å²) >= 11 is 4.10. The van der Waals surface area contributed by atoms with Crippen LogP contribution in [-0.4, -0.2) is 11.1 Å². The number of hydrogen-bond donors (Lipinski definition) is 2. The summed E-state index contributed by atoms with van der Waals surface area (Å²) in [7, 11) is 0. The van der Waals surface area contributed by atoms with E-state index in [-0.39, 0.29) is 0 Å². The summed E-state index contributed by atoms with van der Waals surface area (Å²) in [6.07, 6.45) is 0. The highest BCUT2D eigenvalue weighted by Crippen LogP contribution is 2.16. The number of hydrogen-bond acceptors (Lipinski definition) is 2. The van der Waals surface area contributed by atoms with Crippen LogP contribution in [0, 0.1) is 6.92 Å². The second kappa shape index (κ2) is 2.96. The van der Waals surface area contributed by atoms with Crippen LogP contribution in [0.1, 0.15) is 15.9 Å². The molecule has 0 aliphatic carbocycles. The summed E-state index contributed by atoms with van der Waals surface area (Å²) in [5.41, 5.74) is 1.03. The maximum absolute atomic E-state index is 10.5. The Morgan fingerprint density at radius 3 is 2.64 bits per heavy atom. The molecular formula is C8H8O2S. The summed E-state index contributed by atoms with van der Waals surface area (Å²) < 4.78 is 0. The van der Waals surface area contributed by atoms with Gasteiger partial charge in [-0.1, -0.05) is 6.07 Å². The molecule has 0 amide bonds. The van der Waals surface area contributed by atoms with Crippen molar-refractivity contribution in [2.45, 2.75) is 11.8 Å². The van der Waals surface area contributed by atoms with Crippen LogP contribution < -0.4 is 0 Å². The van der Waals surface area contributed by atoms with Crippen LogP contribution in [0.5, 0.6) is 0 Å². The van der Waals surface area contributed by atoms with E-state index in [4.69, 9.17) is 5.11 Å². The highest BCUT2D eigenvalue weighted by atomic mass is 32.1. The summed E-state index contributed by atoms with van der Waals surface area (Å²) in [5.74, 6) is -0.904. The SMILES string of the molecule is Cc1c(S)cccc1C(=O)O. The van der Waals surface area contributed by atoms with Gasteiger partial charge in [0.25, 0.3) is 0 Å². The Morgan fingerprint density at radius 1 is 1.55 bits per heavy atom. The van der Waals surface area contributed by atoms with E-state index in [9.17, 15) is 4.79 Å². The van der Waals surface area contributed by atoms with Crippen LogP contribution in [0.4, 0.5) is 0 Å². The second-order valence-corrected chi connectivity index (χ2v) is 2.74. The first-order chi connectivity index (χ1) is 5.13. The number of carboxylic acids is 1. The molecule has 1 N–H and O–H groups in total. The maximum atomic E-state index is 10.5. The molecule has 0 heterocycles. The zero-order valence-electron chi connectivity index (χ0n) is 6.03. The van der Waals surface area contributed by atoms with E-state index in [0.717, 1.165) is 0 Å². The minimum Gasteiger partial charge on any atom is -0.478 e. The van der Waals surface area contributed by atoms with Crippen molar-refractivity contribution >= 4 is 18.6 Å². The van der Waals surface area contributed by atoms with E-state index in [2.05, 4.69) is 12.6 Å². The predicted octanol–water partition coefficient (Wildman–Crippen LogP) is 1.98. The van der Waals surface area contributed by atoms with Crippen LogP contribution in [0.2, 0.25) is 0 Å². The van der Waals surface area contributed by atoms with Crippen LogP contribution >= 0.6 is 12.6 Å². The van der Waals surface area contributed by atoms with Crippen molar-refractivity contribution in [1.29, 1.82) is 0 Å². The fourth-order valence-corrected chi connectivity index (χ4v) is 1.06. The van der Waals surface area contributed by atoms with Crippen LogP contribution in [0.25, 0.3) is 0 Å². The third-order valence-electron chi connectivity index (χ3n) is 1.54.